The smallest absolute Gasteiger partial charge is 0.410 e. The van der Waals surface area contributed by atoms with E-state index in [2.05, 4.69) is 5.32 Å². The van der Waals surface area contributed by atoms with E-state index >= 15 is 0 Å². The standard InChI is InChI=1S/C14H23N3O3/c1-14(2,3)20-13(19)17-8-4-5-11(10-17)9-16-12(18)6-7-15/h11H,4-6,8-10H2,1-3H3,(H,16,18)/t11-/m1/s1. The third-order valence-corrected chi connectivity index (χ3v) is 3.00. The molecule has 1 aliphatic rings. The summed E-state index contributed by atoms with van der Waals surface area (Å²) in [6, 6.07) is 1.81. The van der Waals surface area contributed by atoms with Crippen molar-refractivity contribution in [2.75, 3.05) is 19.6 Å². The molecular formula is C14H23N3O3. The summed E-state index contributed by atoms with van der Waals surface area (Å²) < 4.78 is 5.35. The molecule has 6 nitrogen and oxygen atoms in total. The van der Waals surface area contributed by atoms with Crippen LogP contribution in [0.25, 0.3) is 0 Å². The lowest BCUT2D eigenvalue weighted by Gasteiger charge is -2.34. The Bertz CT molecular complexity index is 395. The number of hydrogen-bond acceptors (Lipinski definition) is 4. The maximum Gasteiger partial charge on any atom is 0.410 e. The second-order valence-electron chi connectivity index (χ2n) is 6.07. The fourth-order valence-corrected chi connectivity index (χ4v) is 2.12. The quantitative estimate of drug-likeness (QED) is 0.853. The molecule has 6 heteroatoms. The zero-order chi connectivity index (χ0) is 15.2. The molecule has 1 heterocycles. The Kier molecular flexibility index (Phi) is 5.81. The Morgan fingerprint density at radius 1 is 1.45 bits per heavy atom. The van der Waals surface area contributed by atoms with Crippen LogP contribution in [0.4, 0.5) is 4.79 Å². The molecule has 0 unspecified atom stereocenters. The normalized spacial score (nSPS) is 19.1. The number of nitriles is 1. The molecule has 2 amide bonds. The van der Waals surface area contributed by atoms with Gasteiger partial charge in [0.05, 0.1) is 6.07 Å². The van der Waals surface area contributed by atoms with Crippen molar-refractivity contribution in [1.29, 1.82) is 5.26 Å². The highest BCUT2D eigenvalue weighted by molar-refractivity contribution is 5.77. The van der Waals surface area contributed by atoms with Gasteiger partial charge in [-0.05, 0) is 39.5 Å². The second-order valence-corrected chi connectivity index (χ2v) is 6.07. The van der Waals surface area contributed by atoms with E-state index in [-0.39, 0.29) is 24.3 Å². The maximum absolute atomic E-state index is 12.0. The van der Waals surface area contributed by atoms with Gasteiger partial charge < -0.3 is 15.0 Å². The molecule has 0 saturated carbocycles. The molecule has 1 rings (SSSR count). The Balaban J connectivity index is 2.41. The number of likely N-dealkylation sites (tertiary alicyclic amines) is 1. The molecule has 1 atom stereocenters. The summed E-state index contributed by atoms with van der Waals surface area (Å²) in [6.45, 7) is 7.30. The van der Waals surface area contributed by atoms with Gasteiger partial charge in [0.15, 0.2) is 0 Å². The van der Waals surface area contributed by atoms with Gasteiger partial charge in [0.2, 0.25) is 5.91 Å². The van der Waals surface area contributed by atoms with Gasteiger partial charge in [-0.15, -0.1) is 0 Å². The summed E-state index contributed by atoms with van der Waals surface area (Å²) in [5, 5.41) is 11.1. The Morgan fingerprint density at radius 3 is 2.75 bits per heavy atom. The molecule has 0 radical (unpaired) electrons. The molecule has 20 heavy (non-hydrogen) atoms. The Labute approximate surface area is 120 Å². The van der Waals surface area contributed by atoms with Gasteiger partial charge in [-0.3, -0.25) is 4.79 Å². The van der Waals surface area contributed by atoms with Crippen LogP contribution in [0.5, 0.6) is 0 Å². The van der Waals surface area contributed by atoms with Gasteiger partial charge in [-0.1, -0.05) is 0 Å². The fourth-order valence-electron chi connectivity index (χ4n) is 2.12. The molecule has 1 N–H and O–H groups in total. The van der Waals surface area contributed by atoms with Crippen molar-refractivity contribution < 1.29 is 14.3 Å². The average molecular weight is 281 g/mol. The van der Waals surface area contributed by atoms with Gasteiger partial charge in [-0.25, -0.2) is 4.79 Å². The first-order chi connectivity index (χ1) is 9.31. The predicted octanol–water partition coefficient (Wildman–Crippen LogP) is 1.66. The Morgan fingerprint density at radius 2 is 2.15 bits per heavy atom. The van der Waals surface area contributed by atoms with Gasteiger partial charge in [0.1, 0.15) is 12.0 Å². The van der Waals surface area contributed by atoms with E-state index in [1.807, 2.05) is 26.8 Å². The van der Waals surface area contributed by atoms with Gasteiger partial charge in [-0.2, -0.15) is 5.26 Å². The van der Waals surface area contributed by atoms with E-state index in [1.165, 1.54) is 0 Å². The number of rotatable bonds is 3. The summed E-state index contributed by atoms with van der Waals surface area (Å²) in [5.41, 5.74) is -0.495. The number of hydrogen-bond donors (Lipinski definition) is 1. The minimum Gasteiger partial charge on any atom is -0.444 e. The van der Waals surface area contributed by atoms with E-state index < -0.39 is 5.60 Å². The molecule has 1 saturated heterocycles. The number of nitrogens with zero attached hydrogens (tertiary/aromatic N) is 2. The molecule has 0 spiro atoms. The predicted molar refractivity (Wildman–Crippen MR) is 73.8 cm³/mol. The van der Waals surface area contributed by atoms with Gasteiger partial charge in [0, 0.05) is 19.6 Å². The highest BCUT2D eigenvalue weighted by Gasteiger charge is 2.27. The lowest BCUT2D eigenvalue weighted by atomic mass is 9.98. The monoisotopic (exact) mass is 281 g/mol. The third-order valence-electron chi connectivity index (χ3n) is 3.00. The first kappa shape index (κ1) is 16.3. The summed E-state index contributed by atoms with van der Waals surface area (Å²) in [4.78, 5) is 24.9. The van der Waals surface area contributed by atoms with Crippen LogP contribution < -0.4 is 5.32 Å². The molecule has 1 aliphatic heterocycles. The summed E-state index contributed by atoms with van der Waals surface area (Å²) in [5.74, 6) is -0.0409. The van der Waals surface area contributed by atoms with E-state index in [0.29, 0.717) is 19.6 Å². The van der Waals surface area contributed by atoms with E-state index in [0.717, 1.165) is 12.8 Å². The average Bonchev–Trinajstić information content (AvgIpc) is 2.35. The fraction of sp³-hybridized carbons (Fsp3) is 0.786. The lowest BCUT2D eigenvalue weighted by molar-refractivity contribution is -0.120. The lowest BCUT2D eigenvalue weighted by Crippen LogP contribution is -2.45. The first-order valence-electron chi connectivity index (χ1n) is 6.93. The zero-order valence-electron chi connectivity index (χ0n) is 12.4. The number of carbonyl (C=O) groups excluding carboxylic acids is 2. The minimum absolute atomic E-state index is 0.123. The Hall–Kier alpha value is -1.77. The second kappa shape index (κ2) is 7.13. The number of piperidine rings is 1. The summed E-state index contributed by atoms with van der Waals surface area (Å²) in [7, 11) is 0. The highest BCUT2D eigenvalue weighted by Crippen LogP contribution is 2.18. The van der Waals surface area contributed by atoms with Gasteiger partial charge >= 0.3 is 6.09 Å². The van der Waals surface area contributed by atoms with Crippen molar-refractivity contribution in [2.45, 2.75) is 45.6 Å². The SMILES string of the molecule is CC(C)(C)OC(=O)N1CCC[C@H](CNC(=O)CC#N)C1. The maximum atomic E-state index is 12.0. The van der Waals surface area contributed by atoms with Crippen LogP contribution >= 0.6 is 0 Å². The van der Waals surface area contributed by atoms with Crippen molar-refractivity contribution in [2.24, 2.45) is 5.92 Å². The molecule has 0 bridgehead atoms. The van der Waals surface area contributed by atoms with Crippen molar-refractivity contribution in [3.8, 4) is 6.07 Å². The van der Waals surface area contributed by atoms with Crippen molar-refractivity contribution >= 4 is 12.0 Å². The summed E-state index contributed by atoms with van der Waals surface area (Å²) >= 11 is 0. The summed E-state index contributed by atoms with van der Waals surface area (Å²) in [6.07, 6.45) is 1.44. The van der Waals surface area contributed by atoms with Crippen LogP contribution in [-0.4, -0.2) is 42.1 Å². The zero-order valence-corrected chi connectivity index (χ0v) is 12.4. The number of amides is 2. The minimum atomic E-state index is -0.495. The molecule has 0 aromatic heterocycles. The van der Waals surface area contributed by atoms with Gasteiger partial charge in [0.25, 0.3) is 0 Å². The van der Waals surface area contributed by atoms with Crippen molar-refractivity contribution in [1.82, 2.24) is 10.2 Å². The molecule has 1 fully saturated rings. The van der Waals surface area contributed by atoms with E-state index in [4.69, 9.17) is 10.00 Å². The largest absolute Gasteiger partial charge is 0.444 e. The number of ether oxygens (including phenoxy) is 1. The molecule has 0 aliphatic carbocycles. The van der Waals surface area contributed by atoms with Crippen LogP contribution in [-0.2, 0) is 9.53 Å². The van der Waals surface area contributed by atoms with E-state index in [1.54, 1.807) is 4.90 Å². The van der Waals surface area contributed by atoms with Crippen LogP contribution in [0.2, 0.25) is 0 Å². The van der Waals surface area contributed by atoms with Crippen LogP contribution in [0.1, 0.15) is 40.0 Å². The van der Waals surface area contributed by atoms with E-state index in [9.17, 15) is 9.59 Å². The molecule has 0 aromatic rings. The topological polar surface area (TPSA) is 82.4 Å². The molecular weight excluding hydrogens is 258 g/mol. The van der Waals surface area contributed by atoms with Crippen molar-refractivity contribution in [3.05, 3.63) is 0 Å². The highest BCUT2D eigenvalue weighted by atomic mass is 16.6. The van der Waals surface area contributed by atoms with Crippen LogP contribution in [0, 0.1) is 17.2 Å². The van der Waals surface area contributed by atoms with Crippen LogP contribution in [0.3, 0.4) is 0 Å². The third kappa shape index (κ3) is 5.91. The van der Waals surface area contributed by atoms with Crippen molar-refractivity contribution in [3.63, 3.8) is 0 Å². The number of carbonyl (C=O) groups is 2. The first-order valence-corrected chi connectivity index (χ1v) is 6.93. The molecule has 0 aromatic carbocycles. The number of nitrogens with one attached hydrogen (secondary N) is 1. The van der Waals surface area contributed by atoms with Crippen LogP contribution in [0.15, 0.2) is 0 Å². The molecule has 112 valence electrons.